The Morgan fingerprint density at radius 1 is 1.50 bits per heavy atom. The summed E-state index contributed by atoms with van der Waals surface area (Å²) in [7, 11) is 1.91. The molecule has 0 saturated carbocycles. The minimum Gasteiger partial charge on any atom is -0.466 e. The molecule has 0 radical (unpaired) electrons. The van der Waals surface area contributed by atoms with Gasteiger partial charge in [-0.1, -0.05) is 0 Å². The summed E-state index contributed by atoms with van der Waals surface area (Å²) in [6, 6.07) is 1.56. The summed E-state index contributed by atoms with van der Waals surface area (Å²) in [6.07, 6.45) is 1.63. The fourth-order valence-corrected chi connectivity index (χ4v) is 2.35. The molecular formula is C11H14BrN3O. The third kappa shape index (κ3) is 1.70. The molecule has 86 valence electrons. The fourth-order valence-electron chi connectivity index (χ4n) is 1.90. The van der Waals surface area contributed by atoms with E-state index in [0.717, 1.165) is 27.2 Å². The van der Waals surface area contributed by atoms with Crippen LogP contribution in [0.3, 0.4) is 0 Å². The first-order chi connectivity index (χ1) is 7.52. The third-order valence-corrected chi connectivity index (χ3v) is 3.46. The first-order valence-corrected chi connectivity index (χ1v) is 5.80. The normalized spacial score (nSPS) is 13.1. The summed E-state index contributed by atoms with van der Waals surface area (Å²) >= 11 is 3.42. The molecule has 0 amide bonds. The highest BCUT2D eigenvalue weighted by molar-refractivity contribution is 9.10. The molecular weight excluding hydrogens is 270 g/mol. The van der Waals surface area contributed by atoms with Crippen molar-refractivity contribution in [2.24, 2.45) is 12.8 Å². The summed E-state index contributed by atoms with van der Waals surface area (Å²) in [5.41, 5.74) is 9.23. The quantitative estimate of drug-likeness (QED) is 0.921. The number of aromatic nitrogens is 2. The van der Waals surface area contributed by atoms with Crippen LogP contribution >= 0.6 is 15.9 Å². The zero-order chi connectivity index (χ0) is 11.9. The van der Waals surface area contributed by atoms with E-state index in [9.17, 15) is 0 Å². The number of aryl methyl sites for hydroxylation is 2. The molecule has 0 spiro atoms. The van der Waals surface area contributed by atoms with Gasteiger partial charge in [-0.2, -0.15) is 5.10 Å². The molecule has 2 aromatic rings. The van der Waals surface area contributed by atoms with Crippen molar-refractivity contribution < 1.29 is 4.42 Å². The Balaban J connectivity index is 2.49. The average molecular weight is 284 g/mol. The first-order valence-electron chi connectivity index (χ1n) is 5.01. The number of hydrogen-bond acceptors (Lipinski definition) is 3. The number of halogens is 1. The summed E-state index contributed by atoms with van der Waals surface area (Å²) in [5, 5.41) is 4.35. The lowest BCUT2D eigenvalue weighted by molar-refractivity contribution is 0.486. The number of rotatable bonds is 2. The molecule has 2 N–H and O–H groups in total. The molecule has 0 aliphatic carbocycles. The molecule has 5 heteroatoms. The van der Waals surface area contributed by atoms with E-state index in [-0.39, 0.29) is 6.04 Å². The highest BCUT2D eigenvalue weighted by atomic mass is 79.9. The Morgan fingerprint density at radius 2 is 2.19 bits per heavy atom. The van der Waals surface area contributed by atoms with Crippen LogP contribution in [-0.4, -0.2) is 9.78 Å². The summed E-state index contributed by atoms with van der Waals surface area (Å²) < 4.78 is 8.12. The molecule has 2 rings (SSSR count). The Morgan fingerprint density at radius 3 is 2.62 bits per heavy atom. The van der Waals surface area contributed by atoms with Gasteiger partial charge >= 0.3 is 0 Å². The van der Waals surface area contributed by atoms with Crippen LogP contribution < -0.4 is 5.73 Å². The van der Waals surface area contributed by atoms with Crippen molar-refractivity contribution in [1.82, 2.24) is 9.78 Å². The van der Waals surface area contributed by atoms with Gasteiger partial charge in [-0.05, 0) is 35.8 Å². The fraction of sp³-hybridized carbons (Fsp3) is 0.364. The van der Waals surface area contributed by atoms with E-state index >= 15 is 0 Å². The zero-order valence-electron chi connectivity index (χ0n) is 9.49. The third-order valence-electron chi connectivity index (χ3n) is 2.80. The monoisotopic (exact) mass is 283 g/mol. The zero-order valence-corrected chi connectivity index (χ0v) is 11.1. The van der Waals surface area contributed by atoms with E-state index in [1.165, 1.54) is 0 Å². The minimum atomic E-state index is -0.280. The molecule has 0 fully saturated rings. The van der Waals surface area contributed by atoms with E-state index in [1.807, 2.05) is 31.6 Å². The lowest BCUT2D eigenvalue weighted by Gasteiger charge is -2.10. The smallest absolute Gasteiger partial charge is 0.139 e. The van der Waals surface area contributed by atoms with Crippen LogP contribution in [0.2, 0.25) is 0 Å². The number of nitrogens with two attached hydrogens (primary N) is 1. The second-order valence-corrected chi connectivity index (χ2v) is 4.67. The summed E-state index contributed by atoms with van der Waals surface area (Å²) in [6.45, 7) is 3.96. The number of hydrogen-bond donors (Lipinski definition) is 1. The highest BCUT2D eigenvalue weighted by Gasteiger charge is 2.22. The van der Waals surface area contributed by atoms with Crippen molar-refractivity contribution in [3.63, 3.8) is 0 Å². The van der Waals surface area contributed by atoms with Gasteiger partial charge in [-0.3, -0.25) is 4.68 Å². The predicted molar refractivity (Wildman–Crippen MR) is 65.1 cm³/mol. The first kappa shape index (κ1) is 11.4. The van der Waals surface area contributed by atoms with Gasteiger partial charge in [0.05, 0.1) is 22.5 Å². The number of nitrogens with zero attached hydrogens (tertiary/aromatic N) is 2. The molecule has 1 atom stereocenters. The molecule has 0 bridgehead atoms. The van der Waals surface area contributed by atoms with Crippen LogP contribution in [0.5, 0.6) is 0 Å². The van der Waals surface area contributed by atoms with E-state index in [2.05, 4.69) is 21.0 Å². The molecule has 0 aromatic carbocycles. The van der Waals surface area contributed by atoms with Crippen LogP contribution in [0, 0.1) is 13.8 Å². The van der Waals surface area contributed by atoms with Gasteiger partial charge in [0.25, 0.3) is 0 Å². The van der Waals surface area contributed by atoms with Crippen LogP contribution in [0.15, 0.2) is 21.2 Å². The molecule has 1 unspecified atom stereocenters. The average Bonchev–Trinajstić information content (AvgIpc) is 2.73. The van der Waals surface area contributed by atoms with Gasteiger partial charge in [0.2, 0.25) is 0 Å². The van der Waals surface area contributed by atoms with Crippen LogP contribution in [-0.2, 0) is 7.05 Å². The highest BCUT2D eigenvalue weighted by Crippen LogP contribution is 2.30. The van der Waals surface area contributed by atoms with Crippen molar-refractivity contribution in [1.29, 1.82) is 0 Å². The van der Waals surface area contributed by atoms with E-state index in [0.29, 0.717) is 0 Å². The van der Waals surface area contributed by atoms with E-state index in [4.69, 9.17) is 10.2 Å². The van der Waals surface area contributed by atoms with Crippen LogP contribution in [0.25, 0.3) is 0 Å². The van der Waals surface area contributed by atoms with Crippen molar-refractivity contribution in [2.45, 2.75) is 19.9 Å². The van der Waals surface area contributed by atoms with Crippen molar-refractivity contribution in [3.05, 3.63) is 39.5 Å². The Hall–Kier alpha value is -1.07. The van der Waals surface area contributed by atoms with Gasteiger partial charge in [0.15, 0.2) is 0 Å². The van der Waals surface area contributed by atoms with Gasteiger partial charge in [0, 0.05) is 18.3 Å². The molecule has 2 aromatic heterocycles. The van der Waals surface area contributed by atoms with Gasteiger partial charge in [-0.15, -0.1) is 0 Å². The van der Waals surface area contributed by atoms with Gasteiger partial charge in [0.1, 0.15) is 5.76 Å². The minimum absolute atomic E-state index is 0.280. The van der Waals surface area contributed by atoms with E-state index < -0.39 is 0 Å². The van der Waals surface area contributed by atoms with Gasteiger partial charge in [-0.25, -0.2) is 0 Å². The van der Waals surface area contributed by atoms with Crippen molar-refractivity contribution in [2.75, 3.05) is 0 Å². The van der Waals surface area contributed by atoms with E-state index in [1.54, 1.807) is 6.26 Å². The SMILES string of the molecule is Cc1nn(C)c(C)c1C(N)c1occc1Br. The maximum atomic E-state index is 6.20. The molecule has 4 nitrogen and oxygen atoms in total. The molecule has 0 saturated heterocycles. The number of furan rings is 1. The maximum Gasteiger partial charge on any atom is 0.139 e. The largest absolute Gasteiger partial charge is 0.466 e. The Labute approximate surface area is 103 Å². The standard InChI is InChI=1S/C11H14BrN3O/c1-6-9(7(2)15(3)14-6)10(13)11-8(12)4-5-16-11/h4-5,10H,13H2,1-3H3. The topological polar surface area (TPSA) is 57.0 Å². The molecule has 0 aliphatic heterocycles. The van der Waals surface area contributed by atoms with Gasteiger partial charge < -0.3 is 10.2 Å². The second kappa shape index (κ2) is 4.07. The summed E-state index contributed by atoms with van der Waals surface area (Å²) in [4.78, 5) is 0. The predicted octanol–water partition coefficient (Wildman–Crippen LogP) is 2.44. The molecule has 16 heavy (non-hydrogen) atoms. The van der Waals surface area contributed by atoms with Crippen molar-refractivity contribution >= 4 is 15.9 Å². The lowest BCUT2D eigenvalue weighted by Crippen LogP contribution is -2.13. The summed E-state index contributed by atoms with van der Waals surface area (Å²) in [5.74, 6) is 0.735. The van der Waals surface area contributed by atoms with Crippen molar-refractivity contribution in [3.8, 4) is 0 Å². The maximum absolute atomic E-state index is 6.20. The lowest BCUT2D eigenvalue weighted by atomic mass is 10.0. The Kier molecular flexibility index (Phi) is 2.90. The molecule has 0 aliphatic rings. The van der Waals surface area contributed by atoms with Crippen LogP contribution in [0.4, 0.5) is 0 Å². The Bertz CT molecular complexity index is 515. The molecule has 2 heterocycles. The van der Waals surface area contributed by atoms with Crippen LogP contribution in [0.1, 0.15) is 28.8 Å². The second-order valence-electron chi connectivity index (χ2n) is 3.82.